The number of rotatable bonds is 8. The lowest BCUT2D eigenvalue weighted by Crippen LogP contribution is -2.34. The molecule has 1 saturated heterocycles. The molecule has 7 heteroatoms. The van der Waals surface area contributed by atoms with Gasteiger partial charge in [-0.2, -0.15) is 0 Å². The van der Waals surface area contributed by atoms with Crippen LogP contribution in [-0.2, 0) is 14.9 Å². The van der Waals surface area contributed by atoms with Crippen molar-refractivity contribution in [2.24, 2.45) is 5.92 Å². The Kier molecular flexibility index (Phi) is 6.33. The van der Waals surface area contributed by atoms with Crippen molar-refractivity contribution in [3.63, 3.8) is 0 Å². The fourth-order valence-electron chi connectivity index (χ4n) is 2.35. The third-order valence-corrected chi connectivity index (χ3v) is 5.74. The number of nitrogens with one attached hydrogen (secondary N) is 1. The van der Waals surface area contributed by atoms with Crippen molar-refractivity contribution in [3.8, 4) is 0 Å². The zero-order valence-electron chi connectivity index (χ0n) is 14.9. The van der Waals surface area contributed by atoms with Crippen LogP contribution in [0.3, 0.4) is 0 Å². The van der Waals surface area contributed by atoms with E-state index < -0.39 is 10.2 Å². The van der Waals surface area contributed by atoms with E-state index in [2.05, 4.69) is 10.5 Å². The zero-order valence-corrected chi connectivity index (χ0v) is 15.7. The second kappa shape index (κ2) is 7.89. The molecule has 0 radical (unpaired) electrons. The second-order valence-electron chi connectivity index (χ2n) is 7.45. The van der Waals surface area contributed by atoms with Crippen molar-refractivity contribution in [1.29, 1.82) is 0 Å². The molecule has 2 heterocycles. The first-order valence-corrected chi connectivity index (χ1v) is 9.34. The maximum absolute atomic E-state index is 12.5. The summed E-state index contributed by atoms with van der Waals surface area (Å²) in [4.78, 5) is 12.5. The molecule has 1 aromatic heterocycles. The number of carbonyl (C=O) groups is 1. The minimum atomic E-state index is -0.557. The summed E-state index contributed by atoms with van der Waals surface area (Å²) in [7, 11) is 0. The first-order chi connectivity index (χ1) is 11.2. The highest BCUT2D eigenvalue weighted by Crippen LogP contribution is 2.30. The monoisotopic (exact) mass is 356 g/mol. The molecule has 1 aromatic rings. The van der Waals surface area contributed by atoms with Crippen molar-refractivity contribution >= 4 is 23.6 Å². The first kappa shape index (κ1) is 19.3. The van der Waals surface area contributed by atoms with Gasteiger partial charge in [-0.05, 0) is 38.4 Å². The van der Waals surface area contributed by atoms with Gasteiger partial charge in [0.15, 0.2) is 0 Å². The molecule has 1 fully saturated rings. The van der Waals surface area contributed by atoms with E-state index in [1.807, 2.05) is 27.7 Å². The van der Waals surface area contributed by atoms with Crippen LogP contribution < -0.4 is 5.32 Å². The van der Waals surface area contributed by atoms with Crippen LogP contribution in [0.25, 0.3) is 0 Å². The van der Waals surface area contributed by atoms with Crippen LogP contribution in [0.2, 0.25) is 0 Å². The fourth-order valence-corrected chi connectivity index (χ4v) is 3.50. The molecular formula is C17H28N2O4S. The van der Waals surface area contributed by atoms with Gasteiger partial charge >= 0.3 is 0 Å². The Morgan fingerprint density at radius 1 is 1.46 bits per heavy atom. The molecule has 1 aliphatic rings. The van der Waals surface area contributed by atoms with Gasteiger partial charge in [-0.1, -0.05) is 19.0 Å². The minimum absolute atomic E-state index is 0.0425. The Morgan fingerprint density at radius 3 is 2.83 bits per heavy atom. The molecule has 0 aliphatic carbocycles. The Morgan fingerprint density at radius 2 is 2.21 bits per heavy atom. The van der Waals surface area contributed by atoms with Gasteiger partial charge in [0, 0.05) is 24.7 Å². The largest absolute Gasteiger partial charge is 0.395 e. The van der Waals surface area contributed by atoms with E-state index in [9.17, 15) is 9.90 Å². The van der Waals surface area contributed by atoms with E-state index >= 15 is 0 Å². The summed E-state index contributed by atoms with van der Waals surface area (Å²) in [6.45, 7) is 9.21. The number of aliphatic hydroxyl groups excluding tert-OH is 1. The van der Waals surface area contributed by atoms with Crippen molar-refractivity contribution < 1.29 is 19.2 Å². The van der Waals surface area contributed by atoms with Crippen LogP contribution in [0.15, 0.2) is 10.6 Å². The van der Waals surface area contributed by atoms with E-state index in [0.717, 1.165) is 31.8 Å². The fraction of sp³-hybridized carbons (Fsp3) is 0.765. The number of ether oxygens (including phenoxy) is 1. The van der Waals surface area contributed by atoms with Crippen LogP contribution in [0, 0.1) is 5.92 Å². The van der Waals surface area contributed by atoms with E-state index in [1.54, 1.807) is 17.8 Å². The molecular weight excluding hydrogens is 328 g/mol. The molecule has 1 unspecified atom stereocenters. The van der Waals surface area contributed by atoms with Crippen LogP contribution >= 0.6 is 11.8 Å². The minimum Gasteiger partial charge on any atom is -0.395 e. The van der Waals surface area contributed by atoms with Gasteiger partial charge in [-0.25, -0.2) is 0 Å². The molecule has 0 bridgehead atoms. The molecule has 24 heavy (non-hydrogen) atoms. The Labute approximate surface area is 147 Å². The van der Waals surface area contributed by atoms with Gasteiger partial charge < -0.3 is 14.4 Å². The predicted octanol–water partition coefficient (Wildman–Crippen LogP) is 2.82. The quantitative estimate of drug-likeness (QED) is 0.745. The Bertz CT molecular complexity index is 551. The molecule has 2 N–H and O–H groups in total. The Hall–Kier alpha value is -1.05. The topological polar surface area (TPSA) is 84.6 Å². The van der Waals surface area contributed by atoms with Crippen molar-refractivity contribution in [1.82, 2.24) is 5.16 Å². The lowest BCUT2D eigenvalue weighted by Gasteiger charge is -2.22. The number of aliphatic hydroxyl groups is 1. The van der Waals surface area contributed by atoms with Crippen molar-refractivity contribution in [2.75, 3.05) is 30.9 Å². The van der Waals surface area contributed by atoms with E-state index in [1.165, 1.54) is 0 Å². The highest BCUT2D eigenvalue weighted by atomic mass is 32.2. The summed E-state index contributed by atoms with van der Waals surface area (Å²) in [5, 5.41) is 16.1. The predicted molar refractivity (Wildman–Crippen MR) is 95.3 cm³/mol. The lowest BCUT2D eigenvalue weighted by molar-refractivity contribution is -0.117. The summed E-state index contributed by atoms with van der Waals surface area (Å²) >= 11 is 1.64. The van der Waals surface area contributed by atoms with Gasteiger partial charge in [0.2, 0.25) is 11.8 Å². The smallest absolute Gasteiger partial charge is 0.242 e. The molecule has 2 rings (SSSR count). The molecule has 1 amide bonds. The third-order valence-electron chi connectivity index (χ3n) is 4.40. The molecule has 0 spiro atoms. The molecule has 136 valence electrons. The molecule has 0 saturated carbocycles. The lowest BCUT2D eigenvalue weighted by atomic mass is 9.91. The normalized spacial score (nSPS) is 18.8. The van der Waals surface area contributed by atoms with E-state index in [0.29, 0.717) is 17.5 Å². The summed E-state index contributed by atoms with van der Waals surface area (Å²) in [5.74, 6) is 1.75. The maximum Gasteiger partial charge on any atom is 0.242 e. The molecule has 0 aromatic carbocycles. The number of nitrogens with zero attached hydrogens (tertiary/aromatic N) is 1. The molecule has 1 aliphatic heterocycles. The van der Waals surface area contributed by atoms with Gasteiger partial charge in [-0.15, -0.1) is 11.8 Å². The number of aromatic nitrogens is 1. The van der Waals surface area contributed by atoms with Crippen molar-refractivity contribution in [2.45, 2.75) is 50.7 Å². The van der Waals surface area contributed by atoms with Crippen LogP contribution in [0.5, 0.6) is 0 Å². The number of hydrogen-bond acceptors (Lipinski definition) is 6. The standard InChI is InChI=1S/C17H28N2O4S/c1-16(2,11-20)13-9-14(23-19-13)18-15(21)17(3,4)24-8-6-12-5-7-22-10-12/h9,12,20H,5-8,10-11H2,1-4H3,(H,18,21). The number of carbonyl (C=O) groups excluding carboxylic acids is 1. The SMILES string of the molecule is CC(C)(SCCC1CCOC1)C(=O)Nc1cc(C(C)(C)CO)no1. The molecule has 1 atom stereocenters. The van der Waals surface area contributed by atoms with Crippen molar-refractivity contribution in [3.05, 3.63) is 11.8 Å². The Balaban J connectivity index is 1.85. The van der Waals surface area contributed by atoms with E-state index in [4.69, 9.17) is 9.26 Å². The summed E-state index contributed by atoms with van der Waals surface area (Å²) in [5.41, 5.74) is 0.118. The third kappa shape index (κ3) is 4.97. The number of amides is 1. The van der Waals surface area contributed by atoms with Gasteiger partial charge in [-0.3, -0.25) is 10.1 Å². The van der Waals surface area contributed by atoms with Gasteiger partial charge in [0.25, 0.3) is 0 Å². The second-order valence-corrected chi connectivity index (χ2v) is 9.17. The summed E-state index contributed by atoms with van der Waals surface area (Å²) in [6.07, 6.45) is 2.19. The maximum atomic E-state index is 12.5. The van der Waals surface area contributed by atoms with Crippen LogP contribution in [0.1, 0.15) is 46.2 Å². The number of hydrogen-bond donors (Lipinski definition) is 2. The average Bonchev–Trinajstić information content (AvgIpc) is 3.19. The highest BCUT2D eigenvalue weighted by molar-refractivity contribution is 8.01. The number of anilines is 1. The molecule has 6 nitrogen and oxygen atoms in total. The highest BCUT2D eigenvalue weighted by Gasteiger charge is 2.31. The zero-order chi connectivity index (χ0) is 17.8. The van der Waals surface area contributed by atoms with Gasteiger partial charge in [0.05, 0.1) is 17.0 Å². The average molecular weight is 356 g/mol. The first-order valence-electron chi connectivity index (χ1n) is 8.36. The number of thioether (sulfide) groups is 1. The van der Waals surface area contributed by atoms with Crippen LogP contribution in [0.4, 0.5) is 5.88 Å². The summed E-state index contributed by atoms with van der Waals surface area (Å²) < 4.78 is 10.0. The van der Waals surface area contributed by atoms with Gasteiger partial charge in [0.1, 0.15) is 0 Å². The van der Waals surface area contributed by atoms with Crippen LogP contribution in [-0.4, -0.2) is 46.5 Å². The summed E-state index contributed by atoms with van der Waals surface area (Å²) in [6, 6.07) is 1.67. The van der Waals surface area contributed by atoms with E-state index in [-0.39, 0.29) is 12.5 Å².